The molecule has 0 heterocycles. The maximum Gasteiger partial charge on any atom is 0.212 e. The first-order valence-corrected chi connectivity index (χ1v) is 23.9. The molecule has 0 aromatic heterocycles. The molecule has 0 saturated heterocycles. The second-order valence-corrected chi connectivity index (χ2v) is 33.2. The van der Waals surface area contributed by atoms with E-state index < -0.39 is 77.8 Å². The van der Waals surface area contributed by atoms with Crippen molar-refractivity contribution in [3.05, 3.63) is 0 Å². The standard InChI is InChI=1S/C30H75NO12Si6/c1-19-25(32-7,28(35-10,36-11)22(4,44)47-41-16)31(26(20-2,33-8)29(37-12,38-13)23(5,45)48-42-17)27(21-3,34-9)30(39-14,40-15)24(6,46)49-43-18/h19-21,47-49H2,1-18,44-46H3. The fourth-order valence-electron chi connectivity index (χ4n) is 9.42. The minimum absolute atomic E-state index is 0.337. The lowest BCUT2D eigenvalue weighted by Gasteiger charge is -2.71. The van der Waals surface area contributed by atoms with Crippen LogP contribution in [0.1, 0.15) is 60.8 Å². The van der Waals surface area contributed by atoms with E-state index in [1.54, 1.807) is 85.3 Å². The number of hydrogen-bond acceptors (Lipinski definition) is 13. The molecule has 0 radical (unpaired) electrons. The Kier molecular flexibility index (Phi) is 19.7. The fourth-order valence-corrected chi connectivity index (χ4v) is 18.8. The van der Waals surface area contributed by atoms with Crippen LogP contribution in [0.15, 0.2) is 0 Å². The van der Waals surface area contributed by atoms with E-state index in [4.69, 9.17) is 55.9 Å². The first-order valence-electron chi connectivity index (χ1n) is 17.0. The third-order valence-corrected chi connectivity index (χ3v) is 20.0. The highest BCUT2D eigenvalue weighted by molar-refractivity contribution is 6.50. The molecule has 0 spiro atoms. The Morgan fingerprint density at radius 2 is 0.571 bits per heavy atom. The Labute approximate surface area is 314 Å². The molecule has 0 rings (SSSR count). The van der Waals surface area contributed by atoms with Crippen molar-refractivity contribution in [3.8, 4) is 0 Å². The molecule has 49 heavy (non-hydrogen) atoms. The van der Waals surface area contributed by atoms with Crippen LogP contribution in [0, 0.1) is 0 Å². The van der Waals surface area contributed by atoms with Crippen molar-refractivity contribution < 1.29 is 55.9 Å². The van der Waals surface area contributed by atoms with Gasteiger partial charge < -0.3 is 55.9 Å². The average Bonchev–Trinajstić information content (AvgIpc) is 3.07. The summed E-state index contributed by atoms with van der Waals surface area (Å²) in [6.45, 7) is 12.6. The van der Waals surface area contributed by atoms with Gasteiger partial charge in [0, 0.05) is 130 Å². The Bertz CT molecular complexity index is 837. The summed E-state index contributed by atoms with van der Waals surface area (Å²) < 4.78 is 77.8. The number of nitrogens with zero attached hydrogens (tertiary/aromatic N) is 1. The van der Waals surface area contributed by atoms with Gasteiger partial charge in [-0.3, -0.25) is 0 Å². The van der Waals surface area contributed by atoms with E-state index in [0.717, 1.165) is 0 Å². The molecule has 0 fully saturated rings. The normalized spacial score (nSPS) is 21.9. The Morgan fingerprint density at radius 3 is 0.673 bits per heavy atom. The number of rotatable bonds is 27. The van der Waals surface area contributed by atoms with E-state index in [1.807, 2.05) is 0 Å². The second kappa shape index (κ2) is 19.4. The van der Waals surface area contributed by atoms with E-state index in [0.29, 0.717) is 50.0 Å². The zero-order valence-corrected chi connectivity index (χ0v) is 45.3. The Morgan fingerprint density at radius 1 is 0.388 bits per heavy atom. The highest BCUT2D eigenvalue weighted by Crippen LogP contribution is 2.63. The van der Waals surface area contributed by atoms with Crippen LogP contribution in [0.5, 0.6) is 0 Å². The first kappa shape index (κ1) is 49.8. The molecule has 6 unspecified atom stereocenters. The summed E-state index contributed by atoms with van der Waals surface area (Å²) >= 11 is 0. The van der Waals surface area contributed by atoms with Gasteiger partial charge in [-0.05, 0) is 19.3 Å². The number of methoxy groups -OCH3 is 9. The summed E-state index contributed by atoms with van der Waals surface area (Å²) in [7, 11) is 18.2. The van der Waals surface area contributed by atoms with Crippen LogP contribution in [-0.4, -0.2) is 185 Å². The molecule has 0 N–H and O–H groups in total. The zero-order valence-electron chi connectivity index (χ0n) is 35.1. The summed E-state index contributed by atoms with van der Waals surface area (Å²) in [4.78, 5) is 2.13. The van der Waals surface area contributed by atoms with Crippen LogP contribution in [0.25, 0.3) is 0 Å². The topological polar surface area (TPSA) is 114 Å². The molecule has 0 amide bonds. The van der Waals surface area contributed by atoms with Crippen molar-refractivity contribution in [1.29, 1.82) is 0 Å². The van der Waals surface area contributed by atoms with E-state index in [-0.39, 0.29) is 0 Å². The molecule has 13 nitrogen and oxygen atoms in total. The summed E-state index contributed by atoms with van der Waals surface area (Å²) in [5.41, 5.74) is -4.50. The molecule has 0 aliphatic rings. The molecule has 6 atom stereocenters. The van der Waals surface area contributed by atoms with Crippen molar-refractivity contribution in [3.63, 3.8) is 0 Å². The van der Waals surface area contributed by atoms with Gasteiger partial charge in [0.05, 0.1) is 0 Å². The van der Waals surface area contributed by atoms with Gasteiger partial charge in [0.15, 0.2) is 46.5 Å². The van der Waals surface area contributed by atoms with Crippen molar-refractivity contribution in [2.45, 2.75) is 109 Å². The largest absolute Gasteiger partial charge is 0.427 e. The monoisotopic (exact) mass is 809 g/mol. The molecule has 0 aromatic rings. The molecule has 0 aliphatic carbocycles. The average molecular weight is 810 g/mol. The van der Waals surface area contributed by atoms with E-state index in [2.05, 4.69) is 46.4 Å². The van der Waals surface area contributed by atoms with Gasteiger partial charge in [0.2, 0.25) is 17.4 Å². The van der Waals surface area contributed by atoms with Crippen molar-refractivity contribution in [2.75, 3.05) is 85.3 Å². The van der Waals surface area contributed by atoms with Crippen LogP contribution < -0.4 is 0 Å². The zero-order chi connectivity index (χ0) is 38.8. The number of ether oxygens (including phenoxy) is 9. The van der Waals surface area contributed by atoms with Crippen LogP contribution in [-0.2, 0) is 55.9 Å². The van der Waals surface area contributed by atoms with Crippen molar-refractivity contribution in [1.82, 2.24) is 4.90 Å². The van der Waals surface area contributed by atoms with Crippen molar-refractivity contribution in [2.24, 2.45) is 0 Å². The molecule has 0 saturated carbocycles. The lowest BCUT2D eigenvalue weighted by molar-refractivity contribution is -0.498. The molecular formula is C30H75NO12Si6. The van der Waals surface area contributed by atoms with Crippen LogP contribution in [0.4, 0.5) is 0 Å². The third kappa shape index (κ3) is 7.32. The smallest absolute Gasteiger partial charge is 0.212 e. The van der Waals surface area contributed by atoms with Crippen LogP contribution in [0.2, 0.25) is 14.0 Å². The van der Waals surface area contributed by atoms with Gasteiger partial charge in [-0.1, -0.05) is 41.5 Å². The Balaban J connectivity index is 9.80. The molecular weight excluding hydrogens is 735 g/mol. The lowest BCUT2D eigenvalue weighted by atomic mass is 9.79. The van der Waals surface area contributed by atoms with Crippen molar-refractivity contribution >= 4 is 60.0 Å². The SMILES string of the molecule is CCC(OC)(N(C(CC)(OC)C(OC)(OC)C(C)([SiH3])[SiH2]OC)C(CC)(OC)C(OC)(OC)C(C)([SiH3])[SiH2]OC)C(OC)(OC)C(C)([SiH3])[SiH2]OC. The predicted molar refractivity (Wildman–Crippen MR) is 214 cm³/mol. The maximum absolute atomic E-state index is 7.03. The van der Waals surface area contributed by atoms with Gasteiger partial charge in [0.1, 0.15) is 0 Å². The highest BCUT2D eigenvalue weighted by Gasteiger charge is 2.80. The minimum Gasteiger partial charge on any atom is -0.427 e. The van der Waals surface area contributed by atoms with Crippen LogP contribution in [0.3, 0.4) is 0 Å². The van der Waals surface area contributed by atoms with Gasteiger partial charge in [0.25, 0.3) is 0 Å². The summed E-state index contributed by atoms with van der Waals surface area (Å²) in [6, 6.07) is 0. The Hall–Kier alpha value is 0.781. The predicted octanol–water partition coefficient (Wildman–Crippen LogP) is -1.79. The molecule has 0 bridgehead atoms. The fraction of sp³-hybridized carbons (Fsp3) is 1.00. The summed E-state index contributed by atoms with van der Waals surface area (Å²) in [5.74, 6) is -4.34. The second-order valence-electron chi connectivity index (χ2n) is 14.4. The number of hydrogen-bond donors (Lipinski definition) is 0. The maximum atomic E-state index is 7.03. The molecule has 19 heteroatoms. The van der Waals surface area contributed by atoms with E-state index >= 15 is 0 Å². The first-order chi connectivity index (χ1) is 22.8. The van der Waals surface area contributed by atoms with Gasteiger partial charge in [-0.15, -0.1) is 0 Å². The van der Waals surface area contributed by atoms with E-state index in [9.17, 15) is 0 Å². The molecule has 296 valence electrons. The third-order valence-electron chi connectivity index (χ3n) is 11.0. The summed E-state index contributed by atoms with van der Waals surface area (Å²) in [6.07, 6.45) is 1.01. The summed E-state index contributed by atoms with van der Waals surface area (Å²) in [5, 5.41) is 0. The molecule has 0 aliphatic heterocycles. The quantitative estimate of drug-likeness (QED) is 0.0689. The molecule has 0 aromatic carbocycles. The van der Waals surface area contributed by atoms with E-state index in [1.165, 1.54) is 0 Å². The van der Waals surface area contributed by atoms with Gasteiger partial charge >= 0.3 is 0 Å². The highest BCUT2D eigenvalue weighted by atomic mass is 28.3. The van der Waals surface area contributed by atoms with Crippen LogP contribution >= 0.6 is 0 Å². The van der Waals surface area contributed by atoms with Gasteiger partial charge in [-0.25, -0.2) is 4.90 Å². The lowest BCUT2D eigenvalue weighted by Crippen LogP contribution is -2.89. The van der Waals surface area contributed by atoms with Gasteiger partial charge in [-0.2, -0.15) is 0 Å². The minimum atomic E-state index is -1.50.